The van der Waals surface area contributed by atoms with Crippen molar-refractivity contribution in [3.05, 3.63) is 58.4 Å². The summed E-state index contributed by atoms with van der Waals surface area (Å²) in [6, 6.07) is 7.79. The monoisotopic (exact) mass is 370 g/mol. The van der Waals surface area contributed by atoms with Crippen LogP contribution in [-0.4, -0.2) is 33.0 Å². The highest BCUT2D eigenvalue weighted by molar-refractivity contribution is 6.02. The molecule has 0 fully saturated rings. The lowest BCUT2D eigenvalue weighted by molar-refractivity contribution is -0.127. The molecule has 3 rings (SSSR count). The second kappa shape index (κ2) is 7.19. The molecule has 6 heteroatoms. The van der Waals surface area contributed by atoms with Crippen molar-refractivity contribution >= 4 is 11.8 Å². The van der Waals surface area contributed by atoms with Crippen LogP contribution in [-0.2, 0) is 22.7 Å². The lowest BCUT2D eigenvalue weighted by Gasteiger charge is -2.38. The summed E-state index contributed by atoms with van der Waals surface area (Å²) >= 11 is 0. The standard InChI is InChI=1S/C21H26N2O4/c1-3-4-9-21(2)17(24)15(19(22)26)10-16(18(21)25)20(27)23-11-13-7-5-6-8-14(13)12-23/h5-8,10,17,24-25H,3-4,9,11-12H2,1-2H3,(H2,22,26). The molecular weight excluding hydrogens is 344 g/mol. The molecule has 0 bridgehead atoms. The first-order valence-corrected chi connectivity index (χ1v) is 9.28. The van der Waals surface area contributed by atoms with E-state index in [-0.39, 0.29) is 22.8 Å². The minimum atomic E-state index is -1.24. The Kier molecular flexibility index (Phi) is 5.11. The molecule has 0 aromatic heterocycles. The fraction of sp³-hybridized carbons (Fsp3) is 0.429. The van der Waals surface area contributed by atoms with Crippen LogP contribution >= 0.6 is 0 Å². The third-order valence-corrected chi connectivity index (χ3v) is 5.69. The summed E-state index contributed by atoms with van der Waals surface area (Å²) in [4.78, 5) is 26.6. The van der Waals surface area contributed by atoms with E-state index in [1.807, 2.05) is 31.2 Å². The smallest absolute Gasteiger partial charge is 0.257 e. The van der Waals surface area contributed by atoms with Gasteiger partial charge in [-0.15, -0.1) is 0 Å². The number of rotatable bonds is 5. The van der Waals surface area contributed by atoms with Gasteiger partial charge in [0.05, 0.1) is 17.1 Å². The van der Waals surface area contributed by atoms with Crippen LogP contribution in [0.1, 0.15) is 44.2 Å². The number of carbonyl (C=O) groups excluding carboxylic acids is 2. The first-order chi connectivity index (χ1) is 12.8. The fourth-order valence-electron chi connectivity index (χ4n) is 3.90. The first-order valence-electron chi connectivity index (χ1n) is 9.28. The van der Waals surface area contributed by atoms with Crippen LogP contribution in [0.4, 0.5) is 0 Å². The van der Waals surface area contributed by atoms with Crippen LogP contribution < -0.4 is 5.73 Å². The molecule has 144 valence electrons. The highest BCUT2D eigenvalue weighted by Crippen LogP contribution is 2.44. The van der Waals surface area contributed by atoms with Crippen LogP contribution in [0.3, 0.4) is 0 Å². The molecule has 0 radical (unpaired) electrons. The van der Waals surface area contributed by atoms with Crippen molar-refractivity contribution in [3.8, 4) is 0 Å². The Morgan fingerprint density at radius 1 is 1.26 bits per heavy atom. The molecule has 6 nitrogen and oxygen atoms in total. The van der Waals surface area contributed by atoms with Gasteiger partial charge in [0.25, 0.3) is 5.91 Å². The summed E-state index contributed by atoms with van der Waals surface area (Å²) in [5.41, 5.74) is 6.46. The highest BCUT2D eigenvalue weighted by Gasteiger charge is 2.46. The summed E-state index contributed by atoms with van der Waals surface area (Å²) in [7, 11) is 0. The molecule has 1 aliphatic heterocycles. The molecule has 0 saturated carbocycles. The van der Waals surface area contributed by atoms with Crippen molar-refractivity contribution in [3.63, 3.8) is 0 Å². The largest absolute Gasteiger partial charge is 0.511 e. The lowest BCUT2D eigenvalue weighted by atomic mass is 9.70. The number of hydrogen-bond donors (Lipinski definition) is 3. The van der Waals surface area contributed by atoms with E-state index in [2.05, 4.69) is 0 Å². The molecule has 0 saturated heterocycles. The predicted molar refractivity (Wildman–Crippen MR) is 101 cm³/mol. The zero-order chi connectivity index (χ0) is 19.8. The van der Waals surface area contributed by atoms with Crippen molar-refractivity contribution < 1.29 is 19.8 Å². The van der Waals surface area contributed by atoms with Gasteiger partial charge in [0, 0.05) is 18.7 Å². The van der Waals surface area contributed by atoms with E-state index >= 15 is 0 Å². The Balaban J connectivity index is 1.98. The molecule has 1 aromatic rings. The van der Waals surface area contributed by atoms with Crippen LogP contribution in [0.5, 0.6) is 0 Å². The molecule has 1 aliphatic carbocycles. The maximum atomic E-state index is 13.1. The van der Waals surface area contributed by atoms with E-state index < -0.39 is 17.4 Å². The molecule has 2 unspecified atom stereocenters. The quantitative estimate of drug-likeness (QED) is 0.740. The van der Waals surface area contributed by atoms with Gasteiger partial charge >= 0.3 is 0 Å². The molecular formula is C21H26N2O4. The lowest BCUT2D eigenvalue weighted by Crippen LogP contribution is -2.44. The van der Waals surface area contributed by atoms with E-state index in [0.717, 1.165) is 24.0 Å². The summed E-state index contributed by atoms with van der Waals surface area (Å²) in [6.07, 6.45) is 2.05. The zero-order valence-electron chi connectivity index (χ0n) is 15.7. The first kappa shape index (κ1) is 19.2. The number of aliphatic hydroxyl groups is 2. The van der Waals surface area contributed by atoms with Crippen LogP contribution in [0.25, 0.3) is 0 Å². The number of primary amides is 1. The molecule has 1 aromatic carbocycles. The second-order valence-corrected chi connectivity index (χ2v) is 7.58. The number of hydrogen-bond acceptors (Lipinski definition) is 4. The van der Waals surface area contributed by atoms with Crippen molar-refractivity contribution in [2.45, 2.75) is 52.3 Å². The fourth-order valence-corrected chi connectivity index (χ4v) is 3.90. The van der Waals surface area contributed by atoms with Gasteiger partial charge in [0.2, 0.25) is 5.91 Å². The minimum absolute atomic E-state index is 0.0357. The van der Waals surface area contributed by atoms with Crippen molar-refractivity contribution in [2.75, 3.05) is 0 Å². The number of nitrogens with zero attached hydrogens (tertiary/aromatic N) is 1. The van der Waals surface area contributed by atoms with Gasteiger partial charge in [-0.1, -0.05) is 44.0 Å². The Morgan fingerprint density at radius 2 is 1.85 bits per heavy atom. The second-order valence-electron chi connectivity index (χ2n) is 7.58. The highest BCUT2D eigenvalue weighted by atomic mass is 16.3. The molecule has 2 atom stereocenters. The molecule has 1 heterocycles. The zero-order valence-corrected chi connectivity index (χ0v) is 15.7. The third-order valence-electron chi connectivity index (χ3n) is 5.69. The van der Waals surface area contributed by atoms with E-state index in [0.29, 0.717) is 19.5 Å². The summed E-state index contributed by atoms with van der Waals surface area (Å²) in [5, 5.41) is 21.6. The molecule has 27 heavy (non-hydrogen) atoms. The number of fused-ring (bicyclic) bond motifs is 1. The van der Waals surface area contributed by atoms with Crippen molar-refractivity contribution in [1.82, 2.24) is 4.90 Å². The number of aliphatic hydroxyl groups excluding tert-OH is 2. The van der Waals surface area contributed by atoms with E-state index in [1.165, 1.54) is 6.08 Å². The van der Waals surface area contributed by atoms with Crippen molar-refractivity contribution in [2.24, 2.45) is 11.1 Å². The van der Waals surface area contributed by atoms with Gasteiger partial charge < -0.3 is 20.8 Å². The topological polar surface area (TPSA) is 104 Å². The number of amides is 2. The van der Waals surface area contributed by atoms with Crippen LogP contribution in [0.15, 0.2) is 47.2 Å². The molecule has 2 aliphatic rings. The number of carbonyl (C=O) groups is 2. The van der Waals surface area contributed by atoms with Crippen LogP contribution in [0.2, 0.25) is 0 Å². The molecule has 0 spiro atoms. The van der Waals surface area contributed by atoms with Gasteiger partial charge in [-0.3, -0.25) is 9.59 Å². The summed E-state index contributed by atoms with van der Waals surface area (Å²) in [5.74, 6) is -1.32. The summed E-state index contributed by atoms with van der Waals surface area (Å²) < 4.78 is 0. The average molecular weight is 370 g/mol. The van der Waals surface area contributed by atoms with Gasteiger partial charge in [0.1, 0.15) is 5.76 Å². The van der Waals surface area contributed by atoms with E-state index in [4.69, 9.17) is 5.73 Å². The van der Waals surface area contributed by atoms with E-state index in [1.54, 1.807) is 11.8 Å². The maximum absolute atomic E-state index is 13.1. The number of benzene rings is 1. The Labute approximate surface area is 159 Å². The molecule has 4 N–H and O–H groups in total. The predicted octanol–water partition coefficient (Wildman–Crippen LogP) is 2.32. The average Bonchev–Trinajstić information content (AvgIpc) is 3.08. The third kappa shape index (κ3) is 3.25. The van der Waals surface area contributed by atoms with Gasteiger partial charge in [-0.05, 0) is 30.5 Å². The Bertz CT molecular complexity index is 817. The summed E-state index contributed by atoms with van der Waals surface area (Å²) in [6.45, 7) is 4.56. The number of unbranched alkanes of at least 4 members (excludes halogenated alkanes) is 1. The normalized spacial score (nSPS) is 24.6. The van der Waals surface area contributed by atoms with Gasteiger partial charge in [0.15, 0.2) is 0 Å². The van der Waals surface area contributed by atoms with Crippen molar-refractivity contribution in [1.29, 1.82) is 0 Å². The Morgan fingerprint density at radius 3 is 2.37 bits per heavy atom. The molecule has 2 amide bonds. The van der Waals surface area contributed by atoms with Crippen LogP contribution in [0, 0.1) is 5.41 Å². The maximum Gasteiger partial charge on any atom is 0.257 e. The minimum Gasteiger partial charge on any atom is -0.511 e. The van der Waals surface area contributed by atoms with Gasteiger partial charge in [-0.2, -0.15) is 0 Å². The van der Waals surface area contributed by atoms with Gasteiger partial charge in [-0.25, -0.2) is 0 Å². The SMILES string of the molecule is CCCCC1(C)C(O)=C(C(=O)N2Cc3ccccc3C2)C=C(C(N)=O)C1O. The van der Waals surface area contributed by atoms with E-state index in [9.17, 15) is 19.8 Å². The Hall–Kier alpha value is -2.60. The number of nitrogens with two attached hydrogens (primary N) is 1.